The van der Waals surface area contributed by atoms with Gasteiger partial charge in [0, 0.05) is 36.3 Å². The third-order valence-electron chi connectivity index (χ3n) is 6.74. The lowest BCUT2D eigenvalue weighted by Crippen LogP contribution is -2.37. The van der Waals surface area contributed by atoms with Crippen molar-refractivity contribution in [2.45, 2.75) is 18.7 Å². The summed E-state index contributed by atoms with van der Waals surface area (Å²) >= 11 is 0. The highest BCUT2D eigenvalue weighted by molar-refractivity contribution is 5.86. The number of hydrogen-bond acceptors (Lipinski definition) is 7. The average molecular weight is 559 g/mol. The molecule has 1 aliphatic carbocycles. The summed E-state index contributed by atoms with van der Waals surface area (Å²) in [5.74, 6) is 0.453. The topological polar surface area (TPSA) is 97.6 Å². The fraction of sp³-hybridized carbons (Fsp3) is 0.161. The number of aromatic nitrogens is 2. The van der Waals surface area contributed by atoms with Gasteiger partial charge in [-0.3, -0.25) is 19.7 Å². The van der Waals surface area contributed by atoms with E-state index in [2.05, 4.69) is 22.2 Å². The van der Waals surface area contributed by atoms with E-state index in [0.29, 0.717) is 39.5 Å². The number of rotatable bonds is 9. The summed E-state index contributed by atoms with van der Waals surface area (Å²) in [6.45, 7) is 3.81. The summed E-state index contributed by atoms with van der Waals surface area (Å²) in [5, 5.41) is 17.6. The number of nitrogens with zero attached hydrogens (tertiary/aromatic N) is 2. The van der Waals surface area contributed by atoms with Gasteiger partial charge in [0.25, 0.3) is 5.56 Å². The normalized spacial score (nSPS) is 15.6. The Hall–Kier alpha value is -4.80. The molecule has 41 heavy (non-hydrogen) atoms. The summed E-state index contributed by atoms with van der Waals surface area (Å²) in [6, 6.07) is 13.2. The molecule has 5 rings (SSSR count). The zero-order chi connectivity index (χ0) is 29.1. The van der Waals surface area contributed by atoms with Crippen molar-refractivity contribution >= 4 is 22.8 Å². The van der Waals surface area contributed by atoms with E-state index >= 15 is 4.39 Å². The summed E-state index contributed by atoms with van der Waals surface area (Å²) < 4.78 is 41.2. The number of pyridine rings is 2. The van der Waals surface area contributed by atoms with Crippen LogP contribution in [0.3, 0.4) is 0 Å². The molecule has 2 aromatic carbocycles. The Morgan fingerprint density at radius 1 is 1.17 bits per heavy atom. The number of nitrogens with one attached hydrogen (secondary N) is 2. The SMILES string of the molecule is C=Cc1cc(C(O)NC2C=C(F)C(Oc3ccnc4cc(OC)ccc34)=CC2)c(=O)n(-c2ccc(F)cc2)c1NC. The van der Waals surface area contributed by atoms with Gasteiger partial charge in [0.1, 0.15) is 29.4 Å². The van der Waals surface area contributed by atoms with Gasteiger partial charge in [-0.2, -0.15) is 0 Å². The molecule has 8 nitrogen and oxygen atoms in total. The van der Waals surface area contributed by atoms with Crippen molar-refractivity contribution in [2.75, 3.05) is 19.5 Å². The Bertz CT molecular complexity index is 1730. The second kappa shape index (κ2) is 11.7. The van der Waals surface area contributed by atoms with E-state index in [0.717, 1.165) is 0 Å². The van der Waals surface area contributed by atoms with Crippen LogP contribution in [0.15, 0.2) is 95.9 Å². The molecular formula is C31H28F2N4O4. The van der Waals surface area contributed by atoms with Crippen molar-refractivity contribution in [3.8, 4) is 17.2 Å². The molecule has 0 amide bonds. The van der Waals surface area contributed by atoms with E-state index < -0.39 is 29.5 Å². The molecule has 0 aliphatic heterocycles. The van der Waals surface area contributed by atoms with Gasteiger partial charge < -0.3 is 19.9 Å². The van der Waals surface area contributed by atoms with Gasteiger partial charge in [-0.05, 0) is 67.1 Å². The molecule has 1 aliphatic rings. The zero-order valence-electron chi connectivity index (χ0n) is 22.4. The van der Waals surface area contributed by atoms with Crippen LogP contribution in [-0.4, -0.2) is 34.9 Å². The molecule has 0 bridgehead atoms. The van der Waals surface area contributed by atoms with Crippen molar-refractivity contribution in [2.24, 2.45) is 0 Å². The molecule has 2 heterocycles. The highest BCUT2D eigenvalue weighted by Crippen LogP contribution is 2.32. The Labute approximate surface area is 234 Å². The molecule has 2 aromatic heterocycles. The molecule has 210 valence electrons. The standard InChI is InChI=1S/C31H28F2N4O4/c1-4-18-15-24(31(39)37(29(18)34-2)21-8-5-19(32)6-9-21)30(38)36-20-7-12-28(25(33)16-20)41-27-13-14-35-26-17-22(40-3)10-11-23(26)27/h4-6,8-17,20,30,34,36,38H,1,7H2,2-3H3. The first-order valence-electron chi connectivity index (χ1n) is 12.8. The Morgan fingerprint density at radius 2 is 1.95 bits per heavy atom. The summed E-state index contributed by atoms with van der Waals surface area (Å²) in [6.07, 6.45) is 4.81. The molecule has 0 saturated heterocycles. The van der Waals surface area contributed by atoms with Gasteiger partial charge in [-0.25, -0.2) is 8.78 Å². The summed E-state index contributed by atoms with van der Waals surface area (Å²) in [4.78, 5) is 17.8. The second-order valence-corrected chi connectivity index (χ2v) is 9.26. The van der Waals surface area contributed by atoms with Crippen molar-refractivity contribution in [3.05, 3.63) is 118 Å². The number of hydrogen-bond donors (Lipinski definition) is 3. The van der Waals surface area contributed by atoms with Crippen LogP contribution in [0.25, 0.3) is 22.7 Å². The van der Waals surface area contributed by atoms with Gasteiger partial charge >= 0.3 is 0 Å². The predicted octanol–water partition coefficient (Wildman–Crippen LogP) is 5.39. The largest absolute Gasteiger partial charge is 0.497 e. The molecule has 0 fully saturated rings. The second-order valence-electron chi connectivity index (χ2n) is 9.26. The van der Waals surface area contributed by atoms with Gasteiger partial charge in [-0.15, -0.1) is 0 Å². The first-order valence-corrected chi connectivity index (χ1v) is 12.8. The fourth-order valence-corrected chi connectivity index (χ4v) is 4.70. The Kier molecular flexibility index (Phi) is 7.95. The monoisotopic (exact) mass is 558 g/mol. The molecule has 0 saturated carbocycles. The third-order valence-corrected chi connectivity index (χ3v) is 6.74. The van der Waals surface area contributed by atoms with Gasteiger partial charge in [-0.1, -0.05) is 12.7 Å². The Balaban J connectivity index is 1.38. The van der Waals surface area contributed by atoms with E-state index in [1.54, 1.807) is 50.7 Å². The number of fused-ring (bicyclic) bond motifs is 1. The summed E-state index contributed by atoms with van der Waals surface area (Å²) in [5.41, 5.74) is 1.05. The minimum Gasteiger partial charge on any atom is -0.497 e. The van der Waals surface area contributed by atoms with Crippen LogP contribution < -0.4 is 25.7 Å². The molecule has 0 spiro atoms. The number of aliphatic hydroxyl groups is 1. The van der Waals surface area contributed by atoms with Crippen LogP contribution in [0.2, 0.25) is 0 Å². The van der Waals surface area contributed by atoms with Gasteiger partial charge in [0.05, 0.1) is 23.9 Å². The molecule has 4 aromatic rings. The number of aliphatic hydroxyl groups excluding tert-OH is 1. The first-order chi connectivity index (χ1) is 19.8. The quantitative estimate of drug-likeness (QED) is 0.237. The molecule has 2 atom stereocenters. The van der Waals surface area contributed by atoms with Crippen molar-refractivity contribution in [1.82, 2.24) is 14.9 Å². The minimum atomic E-state index is -1.44. The average Bonchev–Trinajstić information content (AvgIpc) is 2.98. The van der Waals surface area contributed by atoms with Crippen molar-refractivity contribution < 1.29 is 23.4 Å². The van der Waals surface area contributed by atoms with E-state index in [9.17, 15) is 14.3 Å². The minimum absolute atomic E-state index is 0.0155. The zero-order valence-corrected chi connectivity index (χ0v) is 22.4. The van der Waals surface area contributed by atoms with Crippen LogP contribution in [0.4, 0.5) is 14.6 Å². The van der Waals surface area contributed by atoms with Crippen molar-refractivity contribution in [1.29, 1.82) is 0 Å². The maximum atomic E-state index is 15.2. The van der Waals surface area contributed by atoms with E-state index in [1.807, 2.05) is 0 Å². The molecule has 2 unspecified atom stereocenters. The molecule has 0 radical (unpaired) electrons. The maximum absolute atomic E-state index is 15.2. The van der Waals surface area contributed by atoms with Crippen LogP contribution in [0.5, 0.6) is 11.5 Å². The van der Waals surface area contributed by atoms with Crippen LogP contribution in [0.1, 0.15) is 23.8 Å². The lowest BCUT2D eigenvalue weighted by molar-refractivity contribution is 0.128. The highest BCUT2D eigenvalue weighted by Gasteiger charge is 2.24. The maximum Gasteiger partial charge on any atom is 0.263 e. The van der Waals surface area contributed by atoms with Crippen LogP contribution in [0, 0.1) is 5.82 Å². The van der Waals surface area contributed by atoms with Crippen molar-refractivity contribution in [3.63, 3.8) is 0 Å². The number of anilines is 1. The molecule has 10 heteroatoms. The fourth-order valence-electron chi connectivity index (χ4n) is 4.70. The number of allylic oxidation sites excluding steroid dienone is 1. The Morgan fingerprint density at radius 3 is 2.63 bits per heavy atom. The number of benzene rings is 2. The van der Waals surface area contributed by atoms with Gasteiger partial charge in [0.2, 0.25) is 0 Å². The van der Waals surface area contributed by atoms with Gasteiger partial charge in [0.15, 0.2) is 11.6 Å². The lowest BCUT2D eigenvalue weighted by atomic mass is 10.1. The smallest absolute Gasteiger partial charge is 0.263 e. The number of halogens is 2. The van der Waals surface area contributed by atoms with Crippen LogP contribution >= 0.6 is 0 Å². The predicted molar refractivity (Wildman–Crippen MR) is 154 cm³/mol. The first kappa shape index (κ1) is 27.8. The number of methoxy groups -OCH3 is 1. The lowest BCUT2D eigenvalue weighted by Gasteiger charge is -2.24. The van der Waals surface area contributed by atoms with E-state index in [1.165, 1.54) is 47.1 Å². The van der Waals surface area contributed by atoms with E-state index in [4.69, 9.17) is 9.47 Å². The third kappa shape index (κ3) is 5.60. The summed E-state index contributed by atoms with van der Waals surface area (Å²) in [7, 11) is 3.20. The van der Waals surface area contributed by atoms with Crippen LogP contribution in [-0.2, 0) is 0 Å². The van der Waals surface area contributed by atoms with E-state index in [-0.39, 0.29) is 17.7 Å². The molecule has 3 N–H and O–H groups in total. The molecular weight excluding hydrogens is 530 g/mol. The number of ether oxygens (including phenoxy) is 2. The highest BCUT2D eigenvalue weighted by atomic mass is 19.1.